The average molecular weight is 534 g/mol. The Balaban J connectivity index is 1.27. The molecule has 2 aromatic heterocycles. The van der Waals surface area contributed by atoms with Crippen molar-refractivity contribution >= 4 is 11.6 Å². The number of hydrogen-bond donors (Lipinski definition) is 1. The van der Waals surface area contributed by atoms with Gasteiger partial charge in [-0.2, -0.15) is 18.2 Å². The molecule has 39 heavy (non-hydrogen) atoms. The van der Waals surface area contributed by atoms with E-state index in [1.54, 1.807) is 6.20 Å². The predicted molar refractivity (Wildman–Crippen MR) is 143 cm³/mol. The Morgan fingerprint density at radius 2 is 1.64 bits per heavy atom. The molecule has 1 atom stereocenters. The maximum Gasteiger partial charge on any atom is 0.453 e. The number of alkyl halides is 3. The number of aryl methyl sites for hydroxylation is 2. The second-order valence-corrected chi connectivity index (χ2v) is 10.2. The Kier molecular flexibility index (Phi) is 7.03. The van der Waals surface area contributed by atoms with Crippen LogP contribution in [0, 0.1) is 0 Å². The highest BCUT2D eigenvalue weighted by atomic mass is 19.4. The van der Waals surface area contributed by atoms with Gasteiger partial charge in [0, 0.05) is 29.7 Å². The summed E-state index contributed by atoms with van der Waals surface area (Å²) in [5, 5.41) is 6.92. The zero-order valence-electron chi connectivity index (χ0n) is 21.5. The quantitative estimate of drug-likeness (QED) is 0.312. The van der Waals surface area contributed by atoms with Crippen molar-refractivity contribution in [2.75, 3.05) is 18.4 Å². The number of likely N-dealkylation sites (tertiary alicyclic amines) is 1. The number of hydrogen-bond acceptors (Lipinski definition) is 6. The minimum absolute atomic E-state index is 0.00973. The molecule has 4 aromatic rings. The maximum absolute atomic E-state index is 13.6. The number of benzene rings is 2. The van der Waals surface area contributed by atoms with Crippen molar-refractivity contribution in [1.29, 1.82) is 0 Å². The van der Waals surface area contributed by atoms with Crippen molar-refractivity contribution in [3.05, 3.63) is 83.6 Å². The van der Waals surface area contributed by atoms with Gasteiger partial charge in [-0.3, -0.25) is 9.97 Å². The summed E-state index contributed by atoms with van der Waals surface area (Å²) in [6.45, 7) is 2.34. The standard InChI is InChI=1S/C29H30F3N7/c30-29(31,32)27-36-28(39(37-27)19-25-26(34-15-14-33-25)21-6-2-1-3-7-21)35-23-11-8-20-9-12-24(13-10-22(20)18-23)38-16-4-5-17-38/h1-3,6-8,11,14-15,18,24H,4-5,9-10,12-13,16-17,19H2,(H,35,36,37). The Morgan fingerprint density at radius 1 is 0.897 bits per heavy atom. The summed E-state index contributed by atoms with van der Waals surface area (Å²) in [5.41, 5.74) is 5.16. The highest BCUT2D eigenvalue weighted by molar-refractivity contribution is 5.61. The average Bonchev–Trinajstić information content (AvgIpc) is 3.56. The fourth-order valence-electron chi connectivity index (χ4n) is 5.70. The SMILES string of the molecule is FC(F)(F)c1nc(Nc2ccc3c(c2)CCC(N2CCCC2)CC3)n(Cc2nccnc2-c2ccccc2)n1. The smallest absolute Gasteiger partial charge is 0.324 e. The Labute approximate surface area is 225 Å². The molecule has 1 aliphatic carbocycles. The first-order chi connectivity index (χ1) is 18.9. The lowest BCUT2D eigenvalue weighted by Gasteiger charge is -2.25. The third-order valence-corrected chi connectivity index (χ3v) is 7.66. The number of anilines is 2. The summed E-state index contributed by atoms with van der Waals surface area (Å²) in [5.74, 6) is -1.19. The largest absolute Gasteiger partial charge is 0.453 e. The van der Waals surface area contributed by atoms with E-state index >= 15 is 0 Å². The molecular weight excluding hydrogens is 503 g/mol. The zero-order valence-corrected chi connectivity index (χ0v) is 21.5. The van der Waals surface area contributed by atoms with Crippen molar-refractivity contribution in [2.45, 2.75) is 57.3 Å². The fraction of sp³-hybridized carbons (Fsp3) is 0.379. The molecule has 7 nitrogen and oxygen atoms in total. The number of nitrogens with one attached hydrogen (secondary N) is 1. The summed E-state index contributed by atoms with van der Waals surface area (Å²) in [4.78, 5) is 15.3. The van der Waals surface area contributed by atoms with Crippen LogP contribution in [0.15, 0.2) is 60.9 Å². The lowest BCUT2D eigenvalue weighted by atomic mass is 10.0. The molecule has 2 aliphatic rings. The van der Waals surface area contributed by atoms with Crippen LogP contribution in [0.4, 0.5) is 24.8 Å². The van der Waals surface area contributed by atoms with Gasteiger partial charge in [-0.05, 0) is 74.9 Å². The van der Waals surface area contributed by atoms with Crippen molar-refractivity contribution < 1.29 is 13.2 Å². The van der Waals surface area contributed by atoms with Crippen LogP contribution in [-0.4, -0.2) is 48.8 Å². The molecular formula is C29H30F3N7. The van der Waals surface area contributed by atoms with Crippen molar-refractivity contribution in [3.63, 3.8) is 0 Å². The molecule has 202 valence electrons. The highest BCUT2D eigenvalue weighted by Crippen LogP contribution is 2.31. The first-order valence-corrected chi connectivity index (χ1v) is 13.4. The lowest BCUT2D eigenvalue weighted by molar-refractivity contribution is -0.144. The second-order valence-electron chi connectivity index (χ2n) is 10.2. The van der Waals surface area contributed by atoms with Crippen LogP contribution in [-0.2, 0) is 25.6 Å². The van der Waals surface area contributed by atoms with E-state index in [1.165, 1.54) is 47.9 Å². The Bertz CT molecular complexity index is 1430. The van der Waals surface area contributed by atoms with Gasteiger partial charge in [0.05, 0.1) is 17.9 Å². The van der Waals surface area contributed by atoms with Crippen LogP contribution in [0.1, 0.15) is 48.3 Å². The molecule has 10 heteroatoms. The molecule has 0 amide bonds. The normalized spacial score (nSPS) is 18.1. The molecule has 0 radical (unpaired) electrons. The van der Waals surface area contributed by atoms with Crippen molar-refractivity contribution in [1.82, 2.24) is 29.6 Å². The molecule has 1 unspecified atom stereocenters. The minimum Gasteiger partial charge on any atom is -0.324 e. The van der Waals surface area contributed by atoms with Gasteiger partial charge < -0.3 is 10.2 Å². The Morgan fingerprint density at radius 3 is 2.41 bits per heavy atom. The van der Waals surface area contributed by atoms with Gasteiger partial charge in [0.25, 0.3) is 5.82 Å². The third kappa shape index (κ3) is 5.66. The molecule has 1 N–H and O–H groups in total. The van der Waals surface area contributed by atoms with E-state index in [4.69, 9.17) is 0 Å². The zero-order chi connectivity index (χ0) is 26.8. The number of fused-ring (bicyclic) bond motifs is 1. The summed E-state index contributed by atoms with van der Waals surface area (Å²) < 4.78 is 42.1. The fourth-order valence-corrected chi connectivity index (χ4v) is 5.70. The highest BCUT2D eigenvalue weighted by Gasteiger charge is 2.37. The topological polar surface area (TPSA) is 71.8 Å². The molecule has 0 bridgehead atoms. The molecule has 1 saturated heterocycles. The maximum atomic E-state index is 13.6. The van der Waals surface area contributed by atoms with E-state index in [9.17, 15) is 13.2 Å². The van der Waals surface area contributed by atoms with E-state index in [2.05, 4.69) is 36.3 Å². The summed E-state index contributed by atoms with van der Waals surface area (Å²) in [6.07, 6.45) is 5.18. The lowest BCUT2D eigenvalue weighted by Crippen LogP contribution is -2.32. The van der Waals surface area contributed by atoms with E-state index in [1.807, 2.05) is 42.5 Å². The summed E-state index contributed by atoms with van der Waals surface area (Å²) >= 11 is 0. The van der Waals surface area contributed by atoms with Crippen LogP contribution in [0.25, 0.3) is 11.3 Å². The van der Waals surface area contributed by atoms with Crippen LogP contribution in [0.3, 0.4) is 0 Å². The molecule has 0 saturated carbocycles. The Hall–Kier alpha value is -3.79. The molecule has 0 spiro atoms. The van der Waals surface area contributed by atoms with Crippen LogP contribution in [0.2, 0.25) is 0 Å². The van der Waals surface area contributed by atoms with Gasteiger partial charge in [-0.15, -0.1) is 5.10 Å². The molecule has 1 aliphatic heterocycles. The molecule has 3 heterocycles. The number of aromatic nitrogens is 5. The second kappa shape index (κ2) is 10.8. The molecule has 1 fully saturated rings. The van der Waals surface area contributed by atoms with Crippen molar-refractivity contribution in [2.24, 2.45) is 0 Å². The first kappa shape index (κ1) is 25.5. The van der Waals surface area contributed by atoms with Gasteiger partial charge >= 0.3 is 6.18 Å². The van der Waals surface area contributed by atoms with Gasteiger partial charge in [-0.1, -0.05) is 36.4 Å². The van der Waals surface area contributed by atoms with Gasteiger partial charge in [0.15, 0.2) is 0 Å². The molecule has 6 rings (SSSR count). The van der Waals surface area contributed by atoms with Gasteiger partial charge in [0.2, 0.25) is 5.95 Å². The number of nitrogens with zero attached hydrogens (tertiary/aromatic N) is 6. The minimum atomic E-state index is -4.68. The van der Waals surface area contributed by atoms with E-state index in [0.717, 1.165) is 31.2 Å². The van der Waals surface area contributed by atoms with E-state index in [0.29, 0.717) is 23.1 Å². The summed E-state index contributed by atoms with van der Waals surface area (Å²) in [7, 11) is 0. The number of halogens is 3. The number of rotatable bonds is 6. The van der Waals surface area contributed by atoms with Crippen molar-refractivity contribution in [3.8, 4) is 11.3 Å². The van der Waals surface area contributed by atoms with Gasteiger partial charge in [-0.25, -0.2) is 4.68 Å². The van der Waals surface area contributed by atoms with E-state index in [-0.39, 0.29) is 12.5 Å². The predicted octanol–water partition coefficient (Wildman–Crippen LogP) is 5.89. The third-order valence-electron chi connectivity index (χ3n) is 7.66. The first-order valence-electron chi connectivity index (χ1n) is 13.4. The van der Waals surface area contributed by atoms with Crippen LogP contribution < -0.4 is 5.32 Å². The monoisotopic (exact) mass is 533 g/mol. The van der Waals surface area contributed by atoms with Crippen LogP contribution in [0.5, 0.6) is 0 Å². The summed E-state index contributed by atoms with van der Waals surface area (Å²) in [6, 6.07) is 16.1. The van der Waals surface area contributed by atoms with Crippen LogP contribution >= 0.6 is 0 Å². The van der Waals surface area contributed by atoms with E-state index < -0.39 is 12.0 Å². The van der Waals surface area contributed by atoms with Gasteiger partial charge in [0.1, 0.15) is 0 Å². The molecule has 2 aromatic carbocycles.